The number of rotatable bonds is 13. The molecule has 0 fully saturated rings. The lowest BCUT2D eigenvalue weighted by molar-refractivity contribution is -0.160. The molecule has 3 atom stereocenters. The average molecular weight is 526 g/mol. The minimum atomic E-state index is -4.11. The van der Waals surface area contributed by atoms with Crippen molar-refractivity contribution in [3.63, 3.8) is 0 Å². The third-order valence-electron chi connectivity index (χ3n) is 5.49. The summed E-state index contributed by atoms with van der Waals surface area (Å²) >= 11 is 0. The highest BCUT2D eigenvalue weighted by Crippen LogP contribution is 2.57. The van der Waals surface area contributed by atoms with Gasteiger partial charge in [0.2, 0.25) is 5.85 Å². The number of hydrogen-bond donors (Lipinski definition) is 1. The predicted octanol–water partition coefficient (Wildman–Crippen LogP) is 5.68. The van der Waals surface area contributed by atoms with E-state index in [0.29, 0.717) is 16.7 Å². The number of carbonyl (C=O) groups excluding carboxylic acids is 2. The topological polar surface area (TPSA) is 100 Å². The van der Waals surface area contributed by atoms with Gasteiger partial charge in [0.1, 0.15) is 6.04 Å². The lowest BCUT2D eigenvalue weighted by atomic mass is 10.1. The highest BCUT2D eigenvalue weighted by molar-refractivity contribution is 7.54. The molecular formula is C28H32NO7P. The van der Waals surface area contributed by atoms with Crippen molar-refractivity contribution in [2.75, 3.05) is 20.3 Å². The molecule has 0 aliphatic heterocycles. The maximum absolute atomic E-state index is 14.1. The summed E-state index contributed by atoms with van der Waals surface area (Å²) in [6, 6.07) is 25.1. The molecule has 37 heavy (non-hydrogen) atoms. The fraction of sp³-hybridized carbons (Fsp3) is 0.286. The Morgan fingerprint density at radius 2 is 1.27 bits per heavy atom. The standard InChI is InChI=1S/C28H32NO7P/c1-4-34-37(32,35-5-2)28(36-27(31)25(33-3)22-17-11-7-12-18-22)24(21-15-9-6-10-16-21)29-26(30)23-19-13-8-14-20-23/h6-20,24-25,28H,4-5H2,1-3H3,(H,29,30)/t24-,25+,28-/m1/s1. The minimum Gasteiger partial charge on any atom is -0.445 e. The van der Waals surface area contributed by atoms with Crippen LogP contribution in [0, 0.1) is 0 Å². The largest absolute Gasteiger partial charge is 0.445 e. The summed E-state index contributed by atoms with van der Waals surface area (Å²) in [5, 5.41) is 2.89. The zero-order chi connectivity index (χ0) is 26.7. The van der Waals surface area contributed by atoms with E-state index < -0.39 is 37.5 Å². The predicted molar refractivity (Wildman–Crippen MR) is 140 cm³/mol. The molecule has 0 saturated heterocycles. The van der Waals surface area contributed by atoms with Gasteiger partial charge in [-0.1, -0.05) is 78.9 Å². The van der Waals surface area contributed by atoms with Crippen molar-refractivity contribution in [1.82, 2.24) is 5.32 Å². The van der Waals surface area contributed by atoms with Gasteiger partial charge in [-0.3, -0.25) is 9.36 Å². The van der Waals surface area contributed by atoms with Gasteiger partial charge in [0.15, 0.2) is 6.10 Å². The molecule has 0 heterocycles. The van der Waals surface area contributed by atoms with Gasteiger partial charge in [-0.25, -0.2) is 4.79 Å². The van der Waals surface area contributed by atoms with Crippen molar-refractivity contribution in [2.24, 2.45) is 0 Å². The molecule has 0 unspecified atom stereocenters. The zero-order valence-electron chi connectivity index (χ0n) is 21.1. The number of hydrogen-bond acceptors (Lipinski definition) is 7. The molecule has 0 bridgehead atoms. The fourth-order valence-corrected chi connectivity index (χ4v) is 5.76. The number of methoxy groups -OCH3 is 1. The smallest absolute Gasteiger partial charge is 0.373 e. The van der Waals surface area contributed by atoms with Crippen LogP contribution < -0.4 is 5.32 Å². The zero-order valence-corrected chi connectivity index (χ0v) is 22.0. The molecule has 0 aliphatic rings. The second-order valence-corrected chi connectivity index (χ2v) is 10.1. The van der Waals surface area contributed by atoms with Gasteiger partial charge in [-0.05, 0) is 37.1 Å². The summed E-state index contributed by atoms with van der Waals surface area (Å²) in [5.74, 6) is -2.74. The molecule has 3 rings (SSSR count). The molecule has 0 aromatic heterocycles. The monoisotopic (exact) mass is 525 g/mol. The minimum absolute atomic E-state index is 0.0336. The van der Waals surface area contributed by atoms with Crippen molar-refractivity contribution in [3.8, 4) is 0 Å². The average Bonchev–Trinajstić information content (AvgIpc) is 2.93. The summed E-state index contributed by atoms with van der Waals surface area (Å²) in [5.41, 5.74) is 1.49. The summed E-state index contributed by atoms with van der Waals surface area (Å²) in [6.07, 6.45) is -1.10. The van der Waals surface area contributed by atoms with Crippen LogP contribution in [-0.2, 0) is 27.9 Å². The normalized spacial score (nSPS) is 13.8. The summed E-state index contributed by atoms with van der Waals surface area (Å²) in [6.45, 7) is 3.39. The van der Waals surface area contributed by atoms with E-state index in [1.165, 1.54) is 7.11 Å². The van der Waals surface area contributed by atoms with Gasteiger partial charge >= 0.3 is 13.6 Å². The van der Waals surface area contributed by atoms with Crippen molar-refractivity contribution >= 4 is 19.5 Å². The Bertz CT molecular complexity index is 1160. The Kier molecular flexibility index (Phi) is 10.6. The van der Waals surface area contributed by atoms with Gasteiger partial charge in [0.25, 0.3) is 5.91 Å². The Hall–Kier alpha value is -3.29. The summed E-state index contributed by atoms with van der Waals surface area (Å²) < 4.78 is 36.7. The molecule has 0 spiro atoms. The van der Waals surface area contributed by atoms with Crippen molar-refractivity contribution in [1.29, 1.82) is 0 Å². The van der Waals surface area contributed by atoms with E-state index in [-0.39, 0.29) is 13.2 Å². The SMILES string of the molecule is CCOP(=O)(OCC)[C@@H](OC(=O)[C@@H](OC)c1ccccc1)[C@H](NC(=O)c1ccccc1)c1ccccc1. The number of esters is 1. The van der Waals surface area contributed by atoms with Crippen LogP contribution in [0.4, 0.5) is 0 Å². The van der Waals surface area contributed by atoms with Crippen molar-refractivity contribution in [2.45, 2.75) is 31.8 Å². The molecule has 9 heteroatoms. The highest BCUT2D eigenvalue weighted by atomic mass is 31.2. The third-order valence-corrected chi connectivity index (χ3v) is 7.75. The first-order chi connectivity index (χ1) is 17.9. The maximum Gasteiger partial charge on any atom is 0.373 e. The van der Waals surface area contributed by atoms with Crippen LogP contribution in [0.3, 0.4) is 0 Å². The number of carbonyl (C=O) groups is 2. The van der Waals surface area contributed by atoms with E-state index in [2.05, 4.69) is 5.32 Å². The van der Waals surface area contributed by atoms with E-state index in [4.69, 9.17) is 18.5 Å². The first-order valence-electron chi connectivity index (χ1n) is 12.0. The molecule has 8 nitrogen and oxygen atoms in total. The summed E-state index contributed by atoms with van der Waals surface area (Å²) in [7, 11) is -2.73. The number of nitrogens with one attached hydrogen (secondary N) is 1. The molecule has 1 amide bonds. The first kappa shape index (κ1) is 28.3. The van der Waals surface area contributed by atoms with E-state index in [1.54, 1.807) is 92.7 Å². The van der Waals surface area contributed by atoms with Crippen molar-refractivity contribution in [3.05, 3.63) is 108 Å². The van der Waals surface area contributed by atoms with E-state index in [0.717, 1.165) is 0 Å². The Balaban J connectivity index is 2.07. The molecule has 0 aliphatic carbocycles. The second-order valence-electron chi connectivity index (χ2n) is 7.96. The van der Waals surface area contributed by atoms with Crippen LogP contribution in [0.25, 0.3) is 0 Å². The Morgan fingerprint density at radius 3 is 1.76 bits per heavy atom. The van der Waals surface area contributed by atoms with Gasteiger partial charge < -0.3 is 23.8 Å². The molecule has 0 saturated carbocycles. The second kappa shape index (κ2) is 13.9. The van der Waals surface area contributed by atoms with Gasteiger partial charge in [-0.15, -0.1) is 0 Å². The van der Waals surface area contributed by atoms with Crippen LogP contribution >= 0.6 is 7.60 Å². The van der Waals surface area contributed by atoms with Crippen LogP contribution in [-0.4, -0.2) is 38.0 Å². The van der Waals surface area contributed by atoms with Crippen LogP contribution in [0.15, 0.2) is 91.0 Å². The van der Waals surface area contributed by atoms with Crippen LogP contribution in [0.2, 0.25) is 0 Å². The highest BCUT2D eigenvalue weighted by Gasteiger charge is 2.47. The van der Waals surface area contributed by atoms with E-state index in [1.807, 2.05) is 12.1 Å². The lowest BCUT2D eigenvalue weighted by Crippen LogP contribution is -2.40. The third kappa shape index (κ3) is 7.37. The van der Waals surface area contributed by atoms with Crippen LogP contribution in [0.5, 0.6) is 0 Å². The van der Waals surface area contributed by atoms with E-state index >= 15 is 0 Å². The maximum atomic E-state index is 14.1. The molecule has 0 radical (unpaired) electrons. The molecule has 3 aromatic rings. The Morgan fingerprint density at radius 1 is 0.784 bits per heavy atom. The Labute approximate surface area is 217 Å². The number of benzene rings is 3. The first-order valence-corrected chi connectivity index (χ1v) is 13.6. The molecular weight excluding hydrogens is 493 g/mol. The molecule has 1 N–H and O–H groups in total. The number of ether oxygens (including phenoxy) is 2. The number of amides is 1. The molecule has 196 valence electrons. The summed E-state index contributed by atoms with van der Waals surface area (Å²) in [4.78, 5) is 26.7. The van der Waals surface area contributed by atoms with Crippen molar-refractivity contribution < 1.29 is 32.7 Å². The lowest BCUT2D eigenvalue weighted by Gasteiger charge is -2.33. The molecule has 3 aromatic carbocycles. The quantitative estimate of drug-likeness (QED) is 0.226. The van der Waals surface area contributed by atoms with Crippen LogP contribution in [0.1, 0.15) is 47.5 Å². The van der Waals surface area contributed by atoms with Gasteiger partial charge in [0.05, 0.1) is 13.2 Å². The van der Waals surface area contributed by atoms with Gasteiger partial charge in [0, 0.05) is 12.7 Å². The van der Waals surface area contributed by atoms with Gasteiger partial charge in [-0.2, -0.15) is 0 Å². The van der Waals surface area contributed by atoms with E-state index in [9.17, 15) is 14.2 Å². The fourth-order valence-electron chi connectivity index (χ4n) is 3.83.